The summed E-state index contributed by atoms with van der Waals surface area (Å²) in [7, 11) is 0. The molecule has 4 N–H and O–H groups in total. The van der Waals surface area contributed by atoms with Crippen molar-refractivity contribution in [1.29, 1.82) is 0 Å². The first-order chi connectivity index (χ1) is 17.3. The Morgan fingerprint density at radius 1 is 1.11 bits per heavy atom. The van der Waals surface area contributed by atoms with Gasteiger partial charge < -0.3 is 21.1 Å². The Balaban J connectivity index is 1.53. The normalized spacial score (nSPS) is 24.6. The molecule has 3 heterocycles. The maximum Gasteiger partial charge on any atom is 0.225 e. The van der Waals surface area contributed by atoms with Gasteiger partial charge in [0.15, 0.2) is 5.65 Å². The highest BCUT2D eigenvalue weighted by molar-refractivity contribution is 6.41. The van der Waals surface area contributed by atoms with Crippen molar-refractivity contribution < 1.29 is 13.9 Å². The fourth-order valence-electron chi connectivity index (χ4n) is 4.82. The fraction of sp³-hybridized carbons (Fsp3) is 0.478. The number of primary amides is 1. The molecular formula is C23H25Cl3FN7O2. The number of nitrogens with two attached hydrogens (primary N) is 1. The van der Waals surface area contributed by atoms with E-state index in [-0.39, 0.29) is 24.5 Å². The number of carbonyl (C=O) groups is 1. The fourth-order valence-corrected chi connectivity index (χ4v) is 5.73. The Labute approximate surface area is 221 Å². The number of halogens is 4. The van der Waals surface area contributed by atoms with E-state index >= 15 is 0 Å². The van der Waals surface area contributed by atoms with Gasteiger partial charge in [-0.05, 0) is 44.2 Å². The zero-order chi connectivity index (χ0) is 25.4. The summed E-state index contributed by atoms with van der Waals surface area (Å²) in [4.78, 5) is 25.5. The van der Waals surface area contributed by atoms with Crippen LogP contribution in [0, 0.1) is 5.92 Å². The van der Waals surface area contributed by atoms with Crippen molar-refractivity contribution in [3.8, 4) is 0 Å². The molecule has 1 amide bonds. The number of imidazole rings is 1. The number of fused-ring (bicyclic) bond motifs is 1. The van der Waals surface area contributed by atoms with Gasteiger partial charge in [0.25, 0.3) is 0 Å². The Bertz CT molecular complexity index is 1260. The van der Waals surface area contributed by atoms with Gasteiger partial charge in [0.2, 0.25) is 17.8 Å². The summed E-state index contributed by atoms with van der Waals surface area (Å²) in [6.45, 7) is 0.510. The molecule has 1 aliphatic heterocycles. The minimum absolute atomic E-state index is 0.0160. The number of nitrogens with one attached hydrogen (secondary N) is 2. The molecule has 2 aliphatic rings. The van der Waals surface area contributed by atoms with Crippen LogP contribution in [0.5, 0.6) is 0 Å². The van der Waals surface area contributed by atoms with Crippen LogP contribution in [0.2, 0.25) is 15.1 Å². The van der Waals surface area contributed by atoms with Crippen LogP contribution in [-0.2, 0) is 9.53 Å². The first-order valence-electron chi connectivity index (χ1n) is 11.7. The predicted octanol–water partition coefficient (Wildman–Crippen LogP) is 5.29. The van der Waals surface area contributed by atoms with E-state index in [9.17, 15) is 9.18 Å². The van der Waals surface area contributed by atoms with Crippen LogP contribution >= 0.6 is 34.8 Å². The molecule has 2 atom stereocenters. The number of amides is 1. The summed E-state index contributed by atoms with van der Waals surface area (Å²) in [5.41, 5.74) is 7.11. The summed E-state index contributed by atoms with van der Waals surface area (Å²) in [6.07, 6.45) is 3.67. The molecule has 2 aromatic heterocycles. The van der Waals surface area contributed by atoms with E-state index in [1.165, 1.54) is 0 Å². The molecule has 0 unspecified atom stereocenters. The summed E-state index contributed by atoms with van der Waals surface area (Å²) in [5, 5.41) is 7.43. The molecule has 9 nitrogen and oxygen atoms in total. The van der Waals surface area contributed by atoms with Gasteiger partial charge in [-0.25, -0.2) is 14.4 Å². The molecule has 192 valence electrons. The minimum atomic E-state index is -1.15. The molecule has 36 heavy (non-hydrogen) atoms. The largest absolute Gasteiger partial charge is 0.378 e. The molecule has 1 saturated heterocycles. The van der Waals surface area contributed by atoms with Crippen molar-refractivity contribution in [1.82, 2.24) is 19.5 Å². The molecule has 0 bridgehead atoms. The van der Waals surface area contributed by atoms with E-state index in [2.05, 4.69) is 15.6 Å². The van der Waals surface area contributed by atoms with Crippen LogP contribution in [0.1, 0.15) is 38.1 Å². The van der Waals surface area contributed by atoms with E-state index in [0.29, 0.717) is 82.5 Å². The van der Waals surface area contributed by atoms with E-state index in [1.807, 2.05) is 4.57 Å². The van der Waals surface area contributed by atoms with Gasteiger partial charge >= 0.3 is 0 Å². The van der Waals surface area contributed by atoms with Gasteiger partial charge in [0.1, 0.15) is 11.7 Å². The van der Waals surface area contributed by atoms with Gasteiger partial charge in [0, 0.05) is 23.6 Å². The highest BCUT2D eigenvalue weighted by Crippen LogP contribution is 2.40. The minimum Gasteiger partial charge on any atom is -0.378 e. The van der Waals surface area contributed by atoms with Crippen molar-refractivity contribution >= 4 is 69.5 Å². The third-order valence-electron chi connectivity index (χ3n) is 6.74. The van der Waals surface area contributed by atoms with E-state index in [4.69, 9.17) is 55.2 Å². The Morgan fingerprint density at radius 3 is 2.50 bits per heavy atom. The zero-order valence-corrected chi connectivity index (χ0v) is 21.5. The topological polar surface area (TPSA) is 120 Å². The van der Waals surface area contributed by atoms with Gasteiger partial charge in [-0.2, -0.15) is 4.98 Å². The Morgan fingerprint density at radius 2 is 1.83 bits per heavy atom. The smallest absolute Gasteiger partial charge is 0.225 e. The van der Waals surface area contributed by atoms with Crippen LogP contribution in [0.3, 0.4) is 0 Å². The number of carbonyl (C=O) groups excluding carboxylic acids is 1. The quantitative estimate of drug-likeness (QED) is 0.377. The maximum atomic E-state index is 14.3. The third kappa shape index (κ3) is 5.18. The molecule has 0 spiro atoms. The molecule has 1 saturated carbocycles. The zero-order valence-electron chi connectivity index (χ0n) is 19.2. The number of hydrogen-bond donors (Lipinski definition) is 3. The summed E-state index contributed by atoms with van der Waals surface area (Å²) in [6, 6.07) is 2.72. The monoisotopic (exact) mass is 555 g/mol. The predicted molar refractivity (Wildman–Crippen MR) is 138 cm³/mol. The molecule has 1 aliphatic carbocycles. The molecule has 13 heteroatoms. The molecule has 2 fully saturated rings. The SMILES string of the molecule is NC(=O)[C@H]1CC[C@@H](n2c(Nc3c(Cl)cc(Cl)cc3Cl)nc3cnc(N[C@@H]4CCOC[C@@H]4F)nc32)CC1. The average Bonchev–Trinajstić information content (AvgIpc) is 3.20. The van der Waals surface area contributed by atoms with Crippen LogP contribution in [0.15, 0.2) is 18.3 Å². The standard InChI is InChI=1S/C23H25Cl3FN7O2/c24-12-7-14(25)19(15(26)8-12)32-23-31-18-9-29-22(30-17-5-6-36-10-16(17)27)33-21(18)34(23)13-3-1-11(2-4-13)20(28)35/h7-9,11,13,16-17H,1-6,10H2,(H2,28,35)(H,31,32)(H,29,30,33)/t11-,13+,16-,17+/m0/s1. The van der Waals surface area contributed by atoms with Gasteiger partial charge in [-0.1, -0.05) is 34.8 Å². The number of benzene rings is 1. The van der Waals surface area contributed by atoms with Crippen LogP contribution in [-0.4, -0.2) is 50.9 Å². The molecular weight excluding hydrogens is 532 g/mol. The lowest BCUT2D eigenvalue weighted by molar-refractivity contribution is -0.122. The second kappa shape index (κ2) is 10.5. The number of alkyl halides is 1. The highest BCUT2D eigenvalue weighted by Gasteiger charge is 2.30. The average molecular weight is 557 g/mol. The summed E-state index contributed by atoms with van der Waals surface area (Å²) >= 11 is 18.9. The Hall–Kier alpha value is -2.40. The maximum absolute atomic E-state index is 14.3. The van der Waals surface area contributed by atoms with Crippen molar-refractivity contribution in [3.05, 3.63) is 33.4 Å². The molecule has 0 radical (unpaired) electrons. The number of hydrogen-bond acceptors (Lipinski definition) is 7. The second-order valence-electron chi connectivity index (χ2n) is 9.12. The van der Waals surface area contributed by atoms with Crippen LogP contribution in [0.4, 0.5) is 22.0 Å². The van der Waals surface area contributed by atoms with Gasteiger partial charge in [-0.15, -0.1) is 0 Å². The first kappa shape index (κ1) is 25.3. The lowest BCUT2D eigenvalue weighted by Crippen LogP contribution is -2.39. The van der Waals surface area contributed by atoms with Gasteiger partial charge in [0.05, 0.1) is 34.6 Å². The third-order valence-corrected chi connectivity index (χ3v) is 7.56. The number of aromatic nitrogens is 4. The molecule has 1 aromatic carbocycles. The van der Waals surface area contributed by atoms with Crippen LogP contribution < -0.4 is 16.4 Å². The van der Waals surface area contributed by atoms with Crippen molar-refractivity contribution in [2.45, 2.75) is 50.4 Å². The van der Waals surface area contributed by atoms with E-state index in [0.717, 1.165) is 0 Å². The van der Waals surface area contributed by atoms with Crippen molar-refractivity contribution in [3.63, 3.8) is 0 Å². The van der Waals surface area contributed by atoms with Crippen molar-refractivity contribution in [2.75, 3.05) is 23.8 Å². The first-order valence-corrected chi connectivity index (χ1v) is 12.9. The lowest BCUT2D eigenvalue weighted by Gasteiger charge is -2.29. The number of ether oxygens (including phenoxy) is 1. The van der Waals surface area contributed by atoms with E-state index < -0.39 is 12.2 Å². The highest BCUT2D eigenvalue weighted by atomic mass is 35.5. The molecule has 5 rings (SSSR count). The Kier molecular flexibility index (Phi) is 7.39. The lowest BCUT2D eigenvalue weighted by atomic mass is 9.85. The van der Waals surface area contributed by atoms with Gasteiger partial charge in [-0.3, -0.25) is 9.36 Å². The van der Waals surface area contributed by atoms with Crippen LogP contribution in [0.25, 0.3) is 11.2 Å². The second-order valence-corrected chi connectivity index (χ2v) is 10.4. The van der Waals surface area contributed by atoms with E-state index in [1.54, 1.807) is 18.3 Å². The summed E-state index contributed by atoms with van der Waals surface area (Å²) in [5.74, 6) is 0.334. The van der Waals surface area contributed by atoms with Crippen molar-refractivity contribution in [2.24, 2.45) is 11.7 Å². The number of rotatable bonds is 6. The number of anilines is 3. The number of nitrogens with zero attached hydrogens (tertiary/aromatic N) is 4. The summed E-state index contributed by atoms with van der Waals surface area (Å²) < 4.78 is 21.5. The molecule has 3 aromatic rings.